The Morgan fingerprint density at radius 2 is 1.55 bits per heavy atom. The maximum absolute atomic E-state index is 12.7. The lowest BCUT2D eigenvalue weighted by Gasteiger charge is -2.07. The number of benzene rings is 1. The summed E-state index contributed by atoms with van der Waals surface area (Å²) in [6.45, 7) is 0. The molecular formula is C13H15F2NO6. The Labute approximate surface area is 123 Å². The van der Waals surface area contributed by atoms with Gasteiger partial charge >= 0.3 is 11.9 Å². The molecule has 0 saturated heterocycles. The number of carbonyl (C=O) groups is 2. The number of nitrogens with two attached hydrogens (primary N) is 1. The van der Waals surface area contributed by atoms with Gasteiger partial charge in [-0.15, -0.1) is 0 Å². The first-order valence-corrected chi connectivity index (χ1v) is 6.17. The summed E-state index contributed by atoms with van der Waals surface area (Å²) < 4.78 is 25.2. The van der Waals surface area contributed by atoms with Crippen LogP contribution in [0.4, 0.5) is 8.78 Å². The summed E-state index contributed by atoms with van der Waals surface area (Å²) in [4.78, 5) is 19.5. The average Bonchev–Trinajstić information content (AvgIpc) is 3.17. The fraction of sp³-hybridized carbons (Fsp3) is 0.385. The third kappa shape index (κ3) is 4.72. The van der Waals surface area contributed by atoms with E-state index in [2.05, 4.69) is 0 Å². The number of aliphatic hydroxyl groups is 2. The molecule has 0 aromatic heterocycles. The zero-order valence-corrected chi connectivity index (χ0v) is 11.2. The standard InChI is InChI=1S/C9H9F2N.C4H6O6/c10-7-2-1-5(3-8(7)11)6-4-9(6)12;5-1(3(7)8)2(6)4(9)10/h1-3,6,9H,4,12H2;1-2,5-6H,(H,7,8)(H,9,10)/t6-,9+;/m0./s1. The highest BCUT2D eigenvalue weighted by molar-refractivity contribution is 5.83. The third-order valence-corrected chi connectivity index (χ3v) is 3.02. The molecule has 9 heteroatoms. The van der Waals surface area contributed by atoms with Crippen LogP contribution in [-0.4, -0.2) is 50.6 Å². The molecule has 1 aromatic rings. The highest BCUT2D eigenvalue weighted by Crippen LogP contribution is 2.39. The van der Waals surface area contributed by atoms with Crippen LogP contribution < -0.4 is 5.73 Å². The van der Waals surface area contributed by atoms with Gasteiger partial charge in [0.1, 0.15) is 0 Å². The van der Waals surface area contributed by atoms with Gasteiger partial charge in [-0.1, -0.05) is 6.07 Å². The smallest absolute Gasteiger partial charge is 0.335 e. The molecule has 4 atom stereocenters. The van der Waals surface area contributed by atoms with Crippen LogP contribution in [0.5, 0.6) is 0 Å². The van der Waals surface area contributed by atoms with Crippen molar-refractivity contribution in [2.75, 3.05) is 0 Å². The molecule has 0 amide bonds. The zero-order valence-electron chi connectivity index (χ0n) is 11.2. The number of halogens is 2. The molecule has 1 saturated carbocycles. The van der Waals surface area contributed by atoms with E-state index in [1.807, 2.05) is 0 Å². The SMILES string of the molecule is N[C@@H]1C[C@H]1c1ccc(F)c(F)c1.O=C(O)C(O)C(O)C(=O)O. The molecule has 1 aliphatic rings. The fourth-order valence-corrected chi connectivity index (χ4v) is 1.61. The second-order valence-electron chi connectivity index (χ2n) is 4.75. The Kier molecular flexibility index (Phi) is 5.92. The summed E-state index contributed by atoms with van der Waals surface area (Å²) in [6.07, 6.45) is -3.65. The first-order chi connectivity index (χ1) is 10.1. The van der Waals surface area contributed by atoms with Crippen LogP contribution in [0.15, 0.2) is 18.2 Å². The summed E-state index contributed by atoms with van der Waals surface area (Å²) >= 11 is 0. The van der Waals surface area contributed by atoms with Gasteiger partial charge in [-0.3, -0.25) is 0 Å². The predicted molar refractivity (Wildman–Crippen MR) is 69.0 cm³/mol. The van der Waals surface area contributed by atoms with Crippen LogP contribution in [0.25, 0.3) is 0 Å². The van der Waals surface area contributed by atoms with E-state index in [9.17, 15) is 18.4 Å². The maximum Gasteiger partial charge on any atom is 0.335 e. The van der Waals surface area contributed by atoms with Crippen LogP contribution in [0, 0.1) is 11.6 Å². The van der Waals surface area contributed by atoms with E-state index in [-0.39, 0.29) is 12.0 Å². The largest absolute Gasteiger partial charge is 0.479 e. The molecule has 2 rings (SSSR count). The number of hydrogen-bond acceptors (Lipinski definition) is 5. The van der Waals surface area contributed by atoms with E-state index in [1.165, 1.54) is 6.07 Å². The van der Waals surface area contributed by atoms with Crippen molar-refractivity contribution in [2.24, 2.45) is 5.73 Å². The average molecular weight is 319 g/mol. The van der Waals surface area contributed by atoms with Gasteiger partial charge in [-0.05, 0) is 24.1 Å². The van der Waals surface area contributed by atoms with Gasteiger partial charge in [0.05, 0.1) is 0 Å². The second-order valence-corrected chi connectivity index (χ2v) is 4.75. The minimum atomic E-state index is -2.27. The highest BCUT2D eigenvalue weighted by Gasteiger charge is 2.35. The number of hydrogen-bond donors (Lipinski definition) is 5. The summed E-state index contributed by atoms with van der Waals surface area (Å²) in [5.41, 5.74) is 6.38. The third-order valence-electron chi connectivity index (χ3n) is 3.02. The molecule has 6 N–H and O–H groups in total. The zero-order chi connectivity index (χ0) is 17.0. The number of carboxylic acids is 2. The quantitative estimate of drug-likeness (QED) is 0.511. The minimum Gasteiger partial charge on any atom is -0.479 e. The first-order valence-electron chi connectivity index (χ1n) is 6.17. The van der Waals surface area contributed by atoms with E-state index in [4.69, 9.17) is 26.2 Å². The molecule has 122 valence electrons. The summed E-state index contributed by atoms with van der Waals surface area (Å²) in [6, 6.07) is 4.10. The lowest BCUT2D eigenvalue weighted by atomic mass is 10.1. The number of carboxylic acid groups (broad SMARTS) is 2. The van der Waals surface area contributed by atoms with Crippen LogP contribution in [-0.2, 0) is 9.59 Å². The van der Waals surface area contributed by atoms with Gasteiger partial charge < -0.3 is 26.2 Å². The molecule has 22 heavy (non-hydrogen) atoms. The van der Waals surface area contributed by atoms with Crippen molar-refractivity contribution in [3.05, 3.63) is 35.4 Å². The minimum absolute atomic E-state index is 0.134. The lowest BCUT2D eigenvalue weighted by molar-refractivity contribution is -0.165. The van der Waals surface area contributed by atoms with Crippen LogP contribution in [0.2, 0.25) is 0 Å². The molecule has 0 radical (unpaired) electrons. The van der Waals surface area contributed by atoms with Crippen molar-refractivity contribution in [2.45, 2.75) is 30.6 Å². The van der Waals surface area contributed by atoms with Gasteiger partial charge in [0.15, 0.2) is 23.8 Å². The van der Waals surface area contributed by atoms with Gasteiger partial charge in [0.2, 0.25) is 0 Å². The normalized spacial score (nSPS) is 22.0. The monoisotopic (exact) mass is 319 g/mol. The molecule has 2 unspecified atom stereocenters. The summed E-state index contributed by atoms with van der Waals surface area (Å²) in [5, 5.41) is 32.5. The predicted octanol–water partition coefficient (Wildman–Crippen LogP) is -0.343. The van der Waals surface area contributed by atoms with Crippen molar-refractivity contribution in [1.82, 2.24) is 0 Å². The van der Waals surface area contributed by atoms with Crippen molar-refractivity contribution in [3.63, 3.8) is 0 Å². The van der Waals surface area contributed by atoms with Gasteiger partial charge in [-0.25, -0.2) is 18.4 Å². The summed E-state index contributed by atoms with van der Waals surface area (Å²) in [7, 11) is 0. The number of aliphatic hydroxyl groups excluding tert-OH is 2. The summed E-state index contributed by atoms with van der Waals surface area (Å²) in [5.74, 6) is -4.88. The lowest BCUT2D eigenvalue weighted by Crippen LogP contribution is -2.39. The molecule has 1 aromatic carbocycles. The molecule has 7 nitrogen and oxygen atoms in total. The molecular weight excluding hydrogens is 304 g/mol. The molecule has 0 heterocycles. The molecule has 1 aliphatic carbocycles. The van der Waals surface area contributed by atoms with Gasteiger partial charge in [-0.2, -0.15) is 0 Å². The van der Waals surface area contributed by atoms with E-state index < -0.39 is 35.8 Å². The van der Waals surface area contributed by atoms with Crippen molar-refractivity contribution in [1.29, 1.82) is 0 Å². The Morgan fingerprint density at radius 1 is 1.09 bits per heavy atom. The Morgan fingerprint density at radius 3 is 1.86 bits per heavy atom. The topological polar surface area (TPSA) is 141 Å². The van der Waals surface area contributed by atoms with E-state index in [1.54, 1.807) is 6.07 Å². The Balaban J connectivity index is 0.000000225. The molecule has 0 aliphatic heterocycles. The molecule has 0 bridgehead atoms. The number of rotatable bonds is 4. The highest BCUT2D eigenvalue weighted by atomic mass is 19.2. The first kappa shape index (κ1) is 18.0. The number of aliphatic carboxylic acids is 2. The molecule has 1 fully saturated rings. The van der Waals surface area contributed by atoms with Crippen molar-refractivity contribution >= 4 is 11.9 Å². The van der Waals surface area contributed by atoms with Crippen molar-refractivity contribution < 1.29 is 38.8 Å². The Hall–Kier alpha value is -2.10. The van der Waals surface area contributed by atoms with Crippen LogP contribution >= 0.6 is 0 Å². The van der Waals surface area contributed by atoms with E-state index in [0.717, 1.165) is 18.1 Å². The van der Waals surface area contributed by atoms with Crippen LogP contribution in [0.1, 0.15) is 17.9 Å². The van der Waals surface area contributed by atoms with E-state index in [0.29, 0.717) is 0 Å². The second kappa shape index (κ2) is 7.25. The maximum atomic E-state index is 12.7. The fourth-order valence-electron chi connectivity index (χ4n) is 1.61. The van der Waals surface area contributed by atoms with Gasteiger partial charge in [0.25, 0.3) is 0 Å². The van der Waals surface area contributed by atoms with Gasteiger partial charge in [0, 0.05) is 12.0 Å². The van der Waals surface area contributed by atoms with E-state index >= 15 is 0 Å². The Bertz CT molecular complexity index is 549. The molecule has 0 spiro atoms. The van der Waals surface area contributed by atoms with Crippen molar-refractivity contribution in [3.8, 4) is 0 Å². The van der Waals surface area contributed by atoms with Crippen LogP contribution in [0.3, 0.4) is 0 Å².